The quantitative estimate of drug-likeness (QED) is 0.500. The fourth-order valence-corrected chi connectivity index (χ4v) is 3.07. The van der Waals surface area contributed by atoms with Gasteiger partial charge in [0, 0.05) is 0 Å². The number of carbonyl (C=O) groups excluding carboxylic acids is 1. The average Bonchev–Trinajstić information content (AvgIpc) is 2.68. The second kappa shape index (κ2) is 7.63. The SMILES string of the molecule is O=C(NO)C(c1ccccc1)c1cccc(-c2ccccc2C(F)(F)F)c1. The van der Waals surface area contributed by atoms with Crippen LogP contribution in [0.2, 0.25) is 0 Å². The predicted molar refractivity (Wildman–Crippen MR) is 95.1 cm³/mol. The van der Waals surface area contributed by atoms with Crippen molar-refractivity contribution >= 4 is 5.91 Å². The first-order valence-electron chi connectivity index (χ1n) is 8.17. The van der Waals surface area contributed by atoms with Gasteiger partial charge in [-0.15, -0.1) is 0 Å². The van der Waals surface area contributed by atoms with Gasteiger partial charge in [0.2, 0.25) is 0 Å². The molecule has 0 bridgehead atoms. The summed E-state index contributed by atoms with van der Waals surface area (Å²) >= 11 is 0. The van der Waals surface area contributed by atoms with Crippen molar-refractivity contribution in [3.05, 3.63) is 95.6 Å². The average molecular weight is 371 g/mol. The maximum absolute atomic E-state index is 13.3. The van der Waals surface area contributed by atoms with E-state index in [0.717, 1.165) is 6.07 Å². The van der Waals surface area contributed by atoms with Crippen molar-refractivity contribution in [3.63, 3.8) is 0 Å². The van der Waals surface area contributed by atoms with Gasteiger partial charge in [-0.25, -0.2) is 5.48 Å². The van der Waals surface area contributed by atoms with Crippen molar-refractivity contribution in [2.75, 3.05) is 0 Å². The van der Waals surface area contributed by atoms with E-state index in [2.05, 4.69) is 0 Å². The minimum Gasteiger partial charge on any atom is -0.289 e. The number of rotatable bonds is 4. The molecule has 3 aromatic carbocycles. The van der Waals surface area contributed by atoms with Crippen molar-refractivity contribution in [1.29, 1.82) is 0 Å². The van der Waals surface area contributed by atoms with E-state index in [0.29, 0.717) is 16.7 Å². The Hall–Kier alpha value is -3.12. The molecule has 1 unspecified atom stereocenters. The Morgan fingerprint density at radius 1 is 0.852 bits per heavy atom. The van der Waals surface area contributed by atoms with Crippen LogP contribution in [0.5, 0.6) is 0 Å². The molecule has 27 heavy (non-hydrogen) atoms. The molecule has 3 aromatic rings. The summed E-state index contributed by atoms with van der Waals surface area (Å²) in [5, 5.41) is 9.12. The van der Waals surface area contributed by atoms with Crippen molar-refractivity contribution in [2.45, 2.75) is 12.1 Å². The first-order chi connectivity index (χ1) is 12.9. The van der Waals surface area contributed by atoms with Crippen LogP contribution in [0.1, 0.15) is 22.6 Å². The fourth-order valence-electron chi connectivity index (χ4n) is 3.07. The molecule has 1 atom stereocenters. The summed E-state index contributed by atoms with van der Waals surface area (Å²) in [4.78, 5) is 12.2. The predicted octanol–water partition coefficient (Wildman–Crippen LogP) is 5.01. The maximum atomic E-state index is 13.3. The molecule has 1 amide bonds. The molecule has 138 valence electrons. The summed E-state index contributed by atoms with van der Waals surface area (Å²) in [6.07, 6.45) is -4.49. The third-order valence-electron chi connectivity index (χ3n) is 4.27. The Kier molecular flexibility index (Phi) is 5.28. The molecular weight excluding hydrogens is 355 g/mol. The van der Waals surface area contributed by atoms with Crippen LogP contribution in [0, 0.1) is 0 Å². The third-order valence-corrected chi connectivity index (χ3v) is 4.27. The number of benzene rings is 3. The van der Waals surface area contributed by atoms with E-state index in [1.165, 1.54) is 24.3 Å². The second-order valence-corrected chi connectivity index (χ2v) is 5.99. The van der Waals surface area contributed by atoms with E-state index in [1.807, 2.05) is 0 Å². The van der Waals surface area contributed by atoms with Crippen molar-refractivity contribution < 1.29 is 23.2 Å². The highest BCUT2D eigenvalue weighted by Crippen LogP contribution is 2.38. The van der Waals surface area contributed by atoms with E-state index in [1.54, 1.807) is 54.0 Å². The molecule has 2 N–H and O–H groups in total. The van der Waals surface area contributed by atoms with Gasteiger partial charge in [-0.3, -0.25) is 10.0 Å². The molecule has 0 saturated heterocycles. The number of amides is 1. The number of nitrogens with one attached hydrogen (secondary N) is 1. The minimum atomic E-state index is -4.49. The number of hydrogen-bond donors (Lipinski definition) is 2. The Morgan fingerprint density at radius 3 is 2.15 bits per heavy atom. The number of hydrogen-bond acceptors (Lipinski definition) is 2. The van der Waals surface area contributed by atoms with E-state index in [9.17, 15) is 18.0 Å². The smallest absolute Gasteiger partial charge is 0.289 e. The molecule has 0 fully saturated rings. The van der Waals surface area contributed by atoms with Crippen molar-refractivity contribution in [1.82, 2.24) is 5.48 Å². The van der Waals surface area contributed by atoms with E-state index >= 15 is 0 Å². The van der Waals surface area contributed by atoms with Crippen LogP contribution in [-0.2, 0) is 11.0 Å². The molecule has 0 aliphatic heterocycles. The number of carbonyl (C=O) groups is 1. The second-order valence-electron chi connectivity index (χ2n) is 5.99. The summed E-state index contributed by atoms with van der Waals surface area (Å²) in [5.41, 5.74) is 2.35. The summed E-state index contributed by atoms with van der Waals surface area (Å²) < 4.78 is 40.0. The topological polar surface area (TPSA) is 49.3 Å². The molecular formula is C21H16F3NO2. The van der Waals surface area contributed by atoms with E-state index in [4.69, 9.17) is 5.21 Å². The van der Waals surface area contributed by atoms with Crippen LogP contribution in [0.3, 0.4) is 0 Å². The van der Waals surface area contributed by atoms with E-state index in [-0.39, 0.29) is 5.56 Å². The molecule has 0 aliphatic rings. The third kappa shape index (κ3) is 4.01. The zero-order chi connectivity index (χ0) is 19.4. The largest absolute Gasteiger partial charge is 0.417 e. The molecule has 0 aliphatic carbocycles. The first-order valence-corrected chi connectivity index (χ1v) is 8.17. The van der Waals surface area contributed by atoms with Gasteiger partial charge < -0.3 is 0 Å². The lowest BCUT2D eigenvalue weighted by Crippen LogP contribution is -2.27. The summed E-state index contributed by atoms with van der Waals surface area (Å²) in [6, 6.07) is 20.3. The van der Waals surface area contributed by atoms with Gasteiger partial charge in [0.05, 0.1) is 11.5 Å². The van der Waals surface area contributed by atoms with Gasteiger partial charge in [-0.05, 0) is 34.4 Å². The standard InChI is InChI=1S/C21H16F3NO2/c22-21(23,24)18-12-5-4-11-17(18)15-9-6-10-16(13-15)19(20(26)25-27)14-7-2-1-3-8-14/h1-13,19,27H,(H,25,26). The van der Waals surface area contributed by atoms with Gasteiger partial charge in [-0.2, -0.15) is 13.2 Å². The number of hydroxylamine groups is 1. The monoisotopic (exact) mass is 371 g/mol. The zero-order valence-electron chi connectivity index (χ0n) is 14.1. The van der Waals surface area contributed by atoms with Crippen LogP contribution in [0.15, 0.2) is 78.9 Å². The van der Waals surface area contributed by atoms with Crippen LogP contribution in [0.25, 0.3) is 11.1 Å². The normalized spacial score (nSPS) is 12.4. The number of alkyl halides is 3. The number of halogens is 3. The maximum Gasteiger partial charge on any atom is 0.417 e. The zero-order valence-corrected chi connectivity index (χ0v) is 14.1. The summed E-state index contributed by atoms with van der Waals surface area (Å²) in [5.74, 6) is -1.52. The molecule has 0 spiro atoms. The molecule has 3 nitrogen and oxygen atoms in total. The molecule has 0 saturated carbocycles. The van der Waals surface area contributed by atoms with E-state index < -0.39 is 23.6 Å². The Labute approximate surface area is 154 Å². The highest BCUT2D eigenvalue weighted by Gasteiger charge is 2.33. The fraction of sp³-hybridized carbons (Fsp3) is 0.0952. The van der Waals surface area contributed by atoms with Crippen LogP contribution >= 0.6 is 0 Å². The minimum absolute atomic E-state index is 0.0306. The Morgan fingerprint density at radius 2 is 1.48 bits per heavy atom. The molecule has 0 aromatic heterocycles. The lowest BCUT2D eigenvalue weighted by molar-refractivity contribution is -0.137. The van der Waals surface area contributed by atoms with Gasteiger partial charge in [0.1, 0.15) is 0 Å². The van der Waals surface area contributed by atoms with Crippen LogP contribution in [0.4, 0.5) is 13.2 Å². The van der Waals surface area contributed by atoms with Gasteiger partial charge in [0.25, 0.3) is 5.91 Å². The van der Waals surface area contributed by atoms with Gasteiger partial charge >= 0.3 is 6.18 Å². The summed E-state index contributed by atoms with van der Waals surface area (Å²) in [7, 11) is 0. The molecule has 3 rings (SSSR count). The van der Waals surface area contributed by atoms with Crippen LogP contribution in [-0.4, -0.2) is 11.1 Å². The van der Waals surface area contributed by atoms with Crippen molar-refractivity contribution in [3.8, 4) is 11.1 Å². The molecule has 6 heteroatoms. The molecule has 0 heterocycles. The highest BCUT2D eigenvalue weighted by molar-refractivity contribution is 5.86. The van der Waals surface area contributed by atoms with Gasteiger partial charge in [-0.1, -0.05) is 66.7 Å². The van der Waals surface area contributed by atoms with Crippen molar-refractivity contribution in [2.24, 2.45) is 0 Å². The van der Waals surface area contributed by atoms with Gasteiger partial charge in [0.15, 0.2) is 0 Å². The lowest BCUT2D eigenvalue weighted by Gasteiger charge is -2.18. The Bertz CT molecular complexity index is 939. The highest BCUT2D eigenvalue weighted by atomic mass is 19.4. The first kappa shape index (κ1) is 18.7. The van der Waals surface area contributed by atoms with Crippen LogP contribution < -0.4 is 5.48 Å². The lowest BCUT2D eigenvalue weighted by atomic mass is 9.88. The summed E-state index contributed by atoms with van der Waals surface area (Å²) in [6.45, 7) is 0. The molecule has 0 radical (unpaired) electrons. The Balaban J connectivity index is 2.12.